The van der Waals surface area contributed by atoms with E-state index >= 15 is 0 Å². The van der Waals surface area contributed by atoms with Gasteiger partial charge in [-0.3, -0.25) is 0 Å². The Morgan fingerprint density at radius 2 is 0.730 bits per heavy atom. The molecule has 0 aliphatic heterocycles. The second kappa shape index (κ2) is 8.76. The third-order valence-corrected chi connectivity index (χ3v) is 7.55. The van der Waals surface area contributed by atoms with Crippen LogP contribution in [0, 0.1) is 6.92 Å². The van der Waals surface area contributed by atoms with Crippen LogP contribution in [0.3, 0.4) is 0 Å². The van der Waals surface area contributed by atoms with E-state index in [1.165, 1.54) is 71.3 Å². The summed E-state index contributed by atoms with van der Waals surface area (Å²) in [5, 5.41) is 7.71. The number of fused-ring (bicyclic) bond motifs is 3. The zero-order valence-corrected chi connectivity index (χ0v) is 20.8. The molecule has 0 unspecified atom stereocenters. The Morgan fingerprint density at radius 1 is 0.324 bits per heavy atom. The molecular weight excluding hydrogens is 444 g/mol. The molecule has 0 N–H and O–H groups in total. The van der Waals surface area contributed by atoms with Gasteiger partial charge in [-0.25, -0.2) is 0 Å². The van der Waals surface area contributed by atoms with Crippen LogP contribution in [0.2, 0.25) is 0 Å². The van der Waals surface area contributed by atoms with Gasteiger partial charge in [-0.2, -0.15) is 0 Å². The molecule has 0 saturated carbocycles. The molecule has 0 fully saturated rings. The molecular formula is C37H26. The molecule has 0 radical (unpaired) electrons. The second-order valence-corrected chi connectivity index (χ2v) is 9.81. The van der Waals surface area contributed by atoms with Crippen LogP contribution in [0.15, 0.2) is 140 Å². The molecule has 0 bridgehead atoms. The molecule has 0 atom stereocenters. The highest BCUT2D eigenvalue weighted by atomic mass is 14.2. The Balaban J connectivity index is 1.47. The zero-order chi connectivity index (χ0) is 24.8. The lowest BCUT2D eigenvalue weighted by Crippen LogP contribution is -1.91. The summed E-state index contributed by atoms with van der Waals surface area (Å²) in [6.45, 7) is 2.14. The fourth-order valence-electron chi connectivity index (χ4n) is 5.76. The van der Waals surface area contributed by atoms with Gasteiger partial charge in [-0.05, 0) is 72.6 Å². The SMILES string of the molecule is Cc1ccc(-c2c3ccccc3c(-c3ccc(-c4cccc5ccccc45)cc3)c3ccccc23)cc1. The highest BCUT2D eigenvalue weighted by Crippen LogP contribution is 2.44. The number of benzene rings is 7. The minimum atomic E-state index is 1.24. The van der Waals surface area contributed by atoms with Crippen molar-refractivity contribution in [3.05, 3.63) is 145 Å². The first-order chi connectivity index (χ1) is 18.3. The standard InChI is InChI=1S/C37H26/c1-25-17-19-28(20-18-25)36-32-12-4-6-14-34(32)37(35-15-7-5-13-33(35)36)29-23-21-27(22-24-29)31-16-8-10-26-9-2-3-11-30(26)31/h2-24H,1H3. The summed E-state index contributed by atoms with van der Waals surface area (Å²) in [5.74, 6) is 0. The predicted octanol–water partition coefficient (Wildman–Crippen LogP) is 10.5. The average molecular weight is 471 g/mol. The minimum absolute atomic E-state index is 1.24. The van der Waals surface area contributed by atoms with Gasteiger partial charge < -0.3 is 0 Å². The highest BCUT2D eigenvalue weighted by Gasteiger charge is 2.16. The first-order valence-corrected chi connectivity index (χ1v) is 12.9. The van der Waals surface area contributed by atoms with E-state index in [0.717, 1.165) is 0 Å². The third kappa shape index (κ3) is 3.61. The van der Waals surface area contributed by atoms with Gasteiger partial charge in [0.1, 0.15) is 0 Å². The lowest BCUT2D eigenvalue weighted by Gasteiger charge is -2.18. The van der Waals surface area contributed by atoms with Gasteiger partial charge in [0.25, 0.3) is 0 Å². The van der Waals surface area contributed by atoms with Gasteiger partial charge >= 0.3 is 0 Å². The molecule has 0 aliphatic carbocycles. The van der Waals surface area contributed by atoms with Gasteiger partial charge in [0.05, 0.1) is 0 Å². The number of rotatable bonds is 3. The summed E-state index contributed by atoms with van der Waals surface area (Å²) in [4.78, 5) is 0. The van der Waals surface area contributed by atoms with Crippen molar-refractivity contribution >= 4 is 32.3 Å². The monoisotopic (exact) mass is 470 g/mol. The van der Waals surface area contributed by atoms with E-state index in [1.54, 1.807) is 0 Å². The van der Waals surface area contributed by atoms with Crippen molar-refractivity contribution in [2.45, 2.75) is 6.92 Å². The van der Waals surface area contributed by atoms with E-state index in [4.69, 9.17) is 0 Å². The fraction of sp³-hybridized carbons (Fsp3) is 0.0270. The van der Waals surface area contributed by atoms with Crippen LogP contribution in [0.25, 0.3) is 65.7 Å². The maximum Gasteiger partial charge on any atom is -0.00264 e. The molecule has 7 rings (SSSR count). The lowest BCUT2D eigenvalue weighted by molar-refractivity contribution is 1.47. The van der Waals surface area contributed by atoms with Crippen LogP contribution >= 0.6 is 0 Å². The number of hydrogen-bond acceptors (Lipinski definition) is 0. The Kier molecular flexibility index (Phi) is 5.11. The van der Waals surface area contributed by atoms with E-state index in [1.807, 2.05) is 0 Å². The van der Waals surface area contributed by atoms with Crippen molar-refractivity contribution in [3.63, 3.8) is 0 Å². The molecule has 0 saturated heterocycles. The van der Waals surface area contributed by atoms with Gasteiger partial charge in [0.15, 0.2) is 0 Å². The first kappa shape index (κ1) is 21.6. The molecule has 0 aromatic heterocycles. The van der Waals surface area contributed by atoms with Crippen molar-refractivity contribution in [3.8, 4) is 33.4 Å². The summed E-state index contributed by atoms with van der Waals surface area (Å²) in [6, 6.07) is 50.9. The van der Waals surface area contributed by atoms with E-state index in [-0.39, 0.29) is 0 Å². The van der Waals surface area contributed by atoms with Crippen molar-refractivity contribution in [1.82, 2.24) is 0 Å². The summed E-state index contributed by atoms with van der Waals surface area (Å²) >= 11 is 0. The van der Waals surface area contributed by atoms with Crippen LogP contribution in [-0.4, -0.2) is 0 Å². The zero-order valence-electron chi connectivity index (χ0n) is 20.8. The third-order valence-electron chi connectivity index (χ3n) is 7.55. The largest absolute Gasteiger partial charge is 0.0616 e. The van der Waals surface area contributed by atoms with Crippen molar-refractivity contribution in [1.29, 1.82) is 0 Å². The van der Waals surface area contributed by atoms with E-state index in [9.17, 15) is 0 Å². The molecule has 0 nitrogen and oxygen atoms in total. The molecule has 7 aromatic carbocycles. The molecule has 0 amide bonds. The van der Waals surface area contributed by atoms with Crippen LogP contribution in [0.1, 0.15) is 5.56 Å². The maximum atomic E-state index is 2.29. The van der Waals surface area contributed by atoms with Gasteiger partial charge in [-0.1, -0.05) is 145 Å². The predicted molar refractivity (Wildman–Crippen MR) is 160 cm³/mol. The Bertz CT molecular complexity index is 1840. The fourth-order valence-corrected chi connectivity index (χ4v) is 5.76. The minimum Gasteiger partial charge on any atom is -0.0616 e. The second-order valence-electron chi connectivity index (χ2n) is 9.81. The normalized spacial score (nSPS) is 11.4. The first-order valence-electron chi connectivity index (χ1n) is 12.9. The van der Waals surface area contributed by atoms with Gasteiger partial charge in [0.2, 0.25) is 0 Å². The van der Waals surface area contributed by atoms with Crippen molar-refractivity contribution in [2.24, 2.45) is 0 Å². The van der Waals surface area contributed by atoms with E-state index in [0.29, 0.717) is 0 Å². The van der Waals surface area contributed by atoms with Crippen LogP contribution in [-0.2, 0) is 0 Å². The van der Waals surface area contributed by atoms with Crippen molar-refractivity contribution in [2.75, 3.05) is 0 Å². The molecule has 0 spiro atoms. The summed E-state index contributed by atoms with van der Waals surface area (Å²) in [7, 11) is 0. The van der Waals surface area contributed by atoms with Crippen LogP contribution in [0.4, 0.5) is 0 Å². The molecule has 174 valence electrons. The van der Waals surface area contributed by atoms with Gasteiger partial charge in [0, 0.05) is 0 Å². The highest BCUT2D eigenvalue weighted by molar-refractivity contribution is 6.21. The quantitative estimate of drug-likeness (QED) is 0.225. The molecule has 0 aliphatic rings. The molecule has 37 heavy (non-hydrogen) atoms. The van der Waals surface area contributed by atoms with Gasteiger partial charge in [-0.15, -0.1) is 0 Å². The Morgan fingerprint density at radius 3 is 1.27 bits per heavy atom. The molecule has 0 heteroatoms. The lowest BCUT2D eigenvalue weighted by atomic mass is 9.85. The smallest absolute Gasteiger partial charge is 0.00264 e. The van der Waals surface area contributed by atoms with Crippen molar-refractivity contribution < 1.29 is 0 Å². The molecule has 0 heterocycles. The van der Waals surface area contributed by atoms with E-state index in [2.05, 4.69) is 146 Å². The molecule has 7 aromatic rings. The summed E-state index contributed by atoms with van der Waals surface area (Å²) in [6.07, 6.45) is 0. The number of hydrogen-bond donors (Lipinski definition) is 0. The average Bonchev–Trinajstić information content (AvgIpc) is 2.96. The summed E-state index contributed by atoms with van der Waals surface area (Å²) < 4.78 is 0. The van der Waals surface area contributed by atoms with E-state index < -0.39 is 0 Å². The Labute approximate surface area is 217 Å². The maximum absolute atomic E-state index is 2.29. The van der Waals surface area contributed by atoms with Crippen LogP contribution in [0.5, 0.6) is 0 Å². The summed E-state index contributed by atoms with van der Waals surface area (Å²) in [5.41, 5.74) is 8.90. The topological polar surface area (TPSA) is 0 Å². The number of aryl methyl sites for hydroxylation is 1. The Hall–Kier alpha value is -4.68. The van der Waals surface area contributed by atoms with Crippen LogP contribution < -0.4 is 0 Å².